The van der Waals surface area contributed by atoms with Gasteiger partial charge in [0.05, 0.1) is 0 Å². The molecule has 1 aromatic carbocycles. The fraction of sp³-hybridized carbons (Fsp3) is 0.462. The third kappa shape index (κ3) is 4.98. The Morgan fingerprint density at radius 1 is 1.28 bits per heavy atom. The Morgan fingerprint density at radius 2 is 1.89 bits per heavy atom. The smallest absolute Gasteiger partial charge is 0.550 e. The average Bonchev–Trinajstić information content (AvgIpc) is 2.32. The summed E-state index contributed by atoms with van der Waals surface area (Å²) in [5.41, 5.74) is 0.739. The minimum Gasteiger partial charge on any atom is -0.550 e. The van der Waals surface area contributed by atoms with Gasteiger partial charge < -0.3 is 20.0 Å². The quantitative estimate of drug-likeness (QED) is 0.588. The molecule has 0 atom stereocenters. The largest absolute Gasteiger partial charge is 1.00 e. The van der Waals surface area contributed by atoms with Crippen LogP contribution in [0.1, 0.15) is 18.4 Å². The number of carbonyl (C=O) groups excluding carboxylic acids is 1. The maximum atomic E-state index is 10.4. The molecule has 1 aromatic rings. The van der Waals surface area contributed by atoms with Crippen molar-refractivity contribution in [3.8, 4) is 5.75 Å². The molecule has 0 saturated carbocycles. The molecule has 1 heterocycles. The van der Waals surface area contributed by atoms with Crippen LogP contribution in [-0.4, -0.2) is 25.2 Å². The van der Waals surface area contributed by atoms with Gasteiger partial charge in [-0.2, -0.15) is 0 Å². The number of ether oxygens (including phenoxy) is 1. The minimum absolute atomic E-state index is 0. The predicted molar refractivity (Wildman–Crippen MR) is 61.7 cm³/mol. The van der Waals surface area contributed by atoms with Crippen LogP contribution in [0.25, 0.3) is 0 Å². The molecule has 1 aliphatic rings. The average molecular weight is 257 g/mol. The van der Waals surface area contributed by atoms with Crippen molar-refractivity contribution in [2.75, 3.05) is 13.1 Å². The van der Waals surface area contributed by atoms with Gasteiger partial charge in [-0.15, -0.1) is 0 Å². The van der Waals surface area contributed by atoms with Crippen LogP contribution in [0.2, 0.25) is 0 Å². The van der Waals surface area contributed by atoms with Crippen molar-refractivity contribution in [1.29, 1.82) is 0 Å². The molecule has 4 nitrogen and oxygen atoms in total. The SMILES string of the molecule is O=C([O-])Cc1ccc(OC2CCNCC2)cc1.[Na+]. The zero-order valence-corrected chi connectivity index (χ0v) is 12.6. The van der Waals surface area contributed by atoms with Crippen LogP contribution < -0.4 is 44.7 Å². The molecule has 1 saturated heterocycles. The molecule has 92 valence electrons. The second-order valence-electron chi connectivity index (χ2n) is 4.26. The molecule has 0 aliphatic carbocycles. The molecule has 0 amide bonds. The van der Waals surface area contributed by atoms with E-state index < -0.39 is 5.97 Å². The van der Waals surface area contributed by atoms with Crippen LogP contribution in [-0.2, 0) is 11.2 Å². The van der Waals surface area contributed by atoms with Gasteiger partial charge in [0.1, 0.15) is 11.9 Å². The zero-order valence-electron chi connectivity index (χ0n) is 10.6. The molecular weight excluding hydrogens is 241 g/mol. The second-order valence-corrected chi connectivity index (χ2v) is 4.26. The molecule has 0 radical (unpaired) electrons. The summed E-state index contributed by atoms with van der Waals surface area (Å²) in [5.74, 6) is -0.254. The van der Waals surface area contributed by atoms with Gasteiger partial charge in [0, 0.05) is 12.4 Å². The van der Waals surface area contributed by atoms with E-state index in [0.29, 0.717) is 0 Å². The van der Waals surface area contributed by atoms with E-state index in [1.165, 1.54) is 0 Å². The van der Waals surface area contributed by atoms with Crippen LogP contribution in [0.3, 0.4) is 0 Å². The van der Waals surface area contributed by atoms with Crippen molar-refractivity contribution in [2.45, 2.75) is 25.4 Å². The Kier molecular flexibility index (Phi) is 6.71. The van der Waals surface area contributed by atoms with Gasteiger partial charge >= 0.3 is 29.6 Å². The first-order chi connectivity index (χ1) is 8.24. The molecule has 0 spiro atoms. The summed E-state index contributed by atoms with van der Waals surface area (Å²) in [6, 6.07) is 7.18. The van der Waals surface area contributed by atoms with E-state index in [1.54, 1.807) is 12.1 Å². The summed E-state index contributed by atoms with van der Waals surface area (Å²) in [5, 5.41) is 13.7. The normalized spacial score (nSPS) is 15.8. The molecule has 1 N–H and O–H groups in total. The van der Waals surface area contributed by atoms with E-state index in [0.717, 1.165) is 37.2 Å². The Hall–Kier alpha value is -0.550. The van der Waals surface area contributed by atoms with Gasteiger partial charge in [0.2, 0.25) is 0 Å². The number of rotatable bonds is 4. The van der Waals surface area contributed by atoms with Crippen LogP contribution >= 0.6 is 0 Å². The van der Waals surface area contributed by atoms with Crippen molar-refractivity contribution in [3.05, 3.63) is 29.8 Å². The number of hydrogen-bond donors (Lipinski definition) is 1. The molecular formula is C13H16NNaO3. The molecule has 1 fully saturated rings. The monoisotopic (exact) mass is 257 g/mol. The summed E-state index contributed by atoms with van der Waals surface area (Å²) in [4.78, 5) is 10.4. The van der Waals surface area contributed by atoms with E-state index in [2.05, 4.69) is 5.32 Å². The third-order valence-corrected chi connectivity index (χ3v) is 2.86. The van der Waals surface area contributed by atoms with Gasteiger partial charge in [-0.1, -0.05) is 12.1 Å². The number of aliphatic carboxylic acids is 1. The number of carboxylic acid groups (broad SMARTS) is 1. The van der Waals surface area contributed by atoms with Crippen LogP contribution in [0.5, 0.6) is 5.75 Å². The van der Waals surface area contributed by atoms with Crippen molar-refractivity contribution < 1.29 is 44.2 Å². The first-order valence-corrected chi connectivity index (χ1v) is 5.90. The maximum absolute atomic E-state index is 10.4. The Bertz CT molecular complexity index is 374. The number of piperidine rings is 1. The fourth-order valence-corrected chi connectivity index (χ4v) is 1.96. The van der Waals surface area contributed by atoms with Gasteiger partial charge in [-0.25, -0.2) is 0 Å². The summed E-state index contributed by atoms with van der Waals surface area (Å²) in [6.45, 7) is 1.99. The van der Waals surface area contributed by atoms with E-state index in [-0.39, 0.29) is 42.1 Å². The fourth-order valence-electron chi connectivity index (χ4n) is 1.96. The molecule has 0 bridgehead atoms. The van der Waals surface area contributed by atoms with E-state index in [4.69, 9.17) is 4.74 Å². The third-order valence-electron chi connectivity index (χ3n) is 2.86. The molecule has 1 aliphatic heterocycles. The second kappa shape index (κ2) is 7.79. The predicted octanol–water partition coefficient (Wildman–Crippen LogP) is -2.89. The van der Waals surface area contributed by atoms with Gasteiger partial charge in [-0.05, 0) is 43.6 Å². The van der Waals surface area contributed by atoms with Gasteiger partial charge in [0.25, 0.3) is 0 Å². The first kappa shape index (κ1) is 15.5. The van der Waals surface area contributed by atoms with Gasteiger partial charge in [-0.3, -0.25) is 0 Å². The first-order valence-electron chi connectivity index (χ1n) is 5.90. The van der Waals surface area contributed by atoms with Crippen LogP contribution in [0.15, 0.2) is 24.3 Å². The summed E-state index contributed by atoms with van der Waals surface area (Å²) in [6.07, 6.45) is 2.25. The number of carboxylic acids is 1. The summed E-state index contributed by atoms with van der Waals surface area (Å²) >= 11 is 0. The van der Waals surface area contributed by atoms with E-state index in [9.17, 15) is 9.90 Å². The number of hydrogen-bond acceptors (Lipinski definition) is 4. The van der Waals surface area contributed by atoms with Crippen molar-refractivity contribution in [2.24, 2.45) is 0 Å². The Morgan fingerprint density at radius 3 is 2.44 bits per heavy atom. The summed E-state index contributed by atoms with van der Waals surface area (Å²) < 4.78 is 5.81. The summed E-state index contributed by atoms with van der Waals surface area (Å²) in [7, 11) is 0. The zero-order chi connectivity index (χ0) is 12.1. The van der Waals surface area contributed by atoms with Crippen molar-refractivity contribution >= 4 is 5.97 Å². The molecule has 2 rings (SSSR count). The minimum atomic E-state index is -1.06. The molecule has 18 heavy (non-hydrogen) atoms. The molecule has 5 heteroatoms. The number of carbonyl (C=O) groups is 1. The van der Waals surface area contributed by atoms with Crippen LogP contribution in [0, 0.1) is 0 Å². The maximum Gasteiger partial charge on any atom is 1.00 e. The topological polar surface area (TPSA) is 61.4 Å². The van der Waals surface area contributed by atoms with Gasteiger partial charge in [0.15, 0.2) is 0 Å². The van der Waals surface area contributed by atoms with Crippen molar-refractivity contribution in [3.63, 3.8) is 0 Å². The van der Waals surface area contributed by atoms with Crippen molar-refractivity contribution in [1.82, 2.24) is 5.32 Å². The van der Waals surface area contributed by atoms with E-state index >= 15 is 0 Å². The van der Waals surface area contributed by atoms with Crippen LogP contribution in [0.4, 0.5) is 0 Å². The van der Waals surface area contributed by atoms with E-state index in [1.807, 2.05) is 12.1 Å². The Balaban J connectivity index is 0.00000162. The standard InChI is InChI=1S/C13H17NO3.Na/c15-13(16)9-10-1-3-11(4-2-10)17-12-5-7-14-8-6-12;/h1-4,12,14H,5-9H2,(H,15,16);/q;+1/p-1. The molecule has 0 aromatic heterocycles. The number of benzene rings is 1. The molecule has 0 unspecified atom stereocenters. The number of nitrogens with one attached hydrogen (secondary N) is 1. The Labute approximate surface area is 129 Å².